The van der Waals surface area contributed by atoms with Gasteiger partial charge in [-0.05, 0) is 35.7 Å². The molecule has 0 fully saturated rings. The van der Waals surface area contributed by atoms with Gasteiger partial charge in [0.2, 0.25) is 5.91 Å². The molecule has 0 aliphatic heterocycles. The molecule has 0 atom stereocenters. The van der Waals surface area contributed by atoms with Crippen LogP contribution in [0.2, 0.25) is 0 Å². The molecule has 5 nitrogen and oxygen atoms in total. The molecule has 2 aromatic rings. The maximum absolute atomic E-state index is 11.6. The highest BCUT2D eigenvalue weighted by Gasteiger charge is 1.99. The van der Waals surface area contributed by atoms with Crippen LogP contribution in [-0.4, -0.2) is 18.5 Å². The summed E-state index contributed by atoms with van der Waals surface area (Å²) in [5.41, 5.74) is 1.55. The van der Waals surface area contributed by atoms with Crippen molar-refractivity contribution in [3.8, 4) is 11.8 Å². The van der Waals surface area contributed by atoms with Gasteiger partial charge in [-0.25, -0.2) is 4.79 Å². The van der Waals surface area contributed by atoms with Gasteiger partial charge in [0.1, 0.15) is 0 Å². The predicted molar refractivity (Wildman–Crippen MR) is 92.2 cm³/mol. The topological polar surface area (TPSA) is 70.2 Å². The van der Waals surface area contributed by atoms with Crippen molar-refractivity contribution in [1.29, 1.82) is 0 Å². The van der Waals surface area contributed by atoms with E-state index >= 15 is 0 Å². The molecule has 1 heterocycles. The summed E-state index contributed by atoms with van der Waals surface area (Å²) in [6.07, 6.45) is 0. The zero-order chi connectivity index (χ0) is 16.5. The number of anilines is 1. The fourth-order valence-electron chi connectivity index (χ4n) is 1.75. The van der Waals surface area contributed by atoms with Crippen LogP contribution >= 0.6 is 11.3 Å². The second kappa shape index (κ2) is 8.61. The van der Waals surface area contributed by atoms with Gasteiger partial charge in [-0.1, -0.05) is 17.9 Å². The highest BCUT2D eigenvalue weighted by Crippen LogP contribution is 2.08. The molecule has 3 N–H and O–H groups in total. The Morgan fingerprint density at radius 1 is 1.13 bits per heavy atom. The fraction of sp³-hybridized carbons (Fsp3) is 0.176. The highest BCUT2D eigenvalue weighted by atomic mass is 32.1. The number of amides is 3. The van der Waals surface area contributed by atoms with Crippen LogP contribution < -0.4 is 16.0 Å². The molecule has 6 heteroatoms. The van der Waals surface area contributed by atoms with E-state index in [-0.39, 0.29) is 18.5 Å². The van der Waals surface area contributed by atoms with E-state index in [1.807, 2.05) is 29.6 Å². The number of nitrogens with one attached hydrogen (secondary N) is 3. The van der Waals surface area contributed by atoms with Crippen molar-refractivity contribution in [2.24, 2.45) is 0 Å². The Morgan fingerprint density at radius 3 is 2.57 bits per heavy atom. The van der Waals surface area contributed by atoms with E-state index in [2.05, 4.69) is 27.8 Å². The summed E-state index contributed by atoms with van der Waals surface area (Å²) in [6.45, 7) is 2.24. The summed E-state index contributed by atoms with van der Waals surface area (Å²) >= 11 is 1.60. The largest absolute Gasteiger partial charge is 0.333 e. The van der Waals surface area contributed by atoms with Gasteiger partial charge >= 0.3 is 6.03 Å². The van der Waals surface area contributed by atoms with Gasteiger partial charge < -0.3 is 16.0 Å². The van der Waals surface area contributed by atoms with Crippen molar-refractivity contribution in [2.75, 3.05) is 11.9 Å². The number of urea groups is 1. The lowest BCUT2D eigenvalue weighted by Gasteiger charge is -2.03. The number of hydrogen-bond donors (Lipinski definition) is 3. The van der Waals surface area contributed by atoms with Crippen LogP contribution in [0.1, 0.15) is 17.4 Å². The van der Waals surface area contributed by atoms with Crippen molar-refractivity contribution in [1.82, 2.24) is 10.6 Å². The van der Waals surface area contributed by atoms with Crippen molar-refractivity contribution in [3.05, 3.63) is 52.2 Å². The van der Waals surface area contributed by atoms with Crippen LogP contribution in [0, 0.1) is 11.8 Å². The molecule has 2 rings (SSSR count). The van der Waals surface area contributed by atoms with E-state index in [1.165, 1.54) is 6.92 Å². The van der Waals surface area contributed by atoms with Gasteiger partial charge in [-0.15, -0.1) is 11.3 Å². The average molecular weight is 327 g/mol. The molecule has 1 aromatic heterocycles. The molecule has 118 valence electrons. The minimum Gasteiger partial charge on any atom is -0.333 e. The minimum atomic E-state index is -0.242. The SMILES string of the molecule is CC(=O)Nc1ccc(C#CCNC(=O)NCc2cccs2)cc1. The first kappa shape index (κ1) is 16.6. The summed E-state index contributed by atoms with van der Waals surface area (Å²) in [4.78, 5) is 23.6. The summed E-state index contributed by atoms with van der Waals surface area (Å²) in [5.74, 6) is 5.72. The molecular weight excluding hydrogens is 310 g/mol. The Balaban J connectivity index is 1.72. The molecule has 0 unspecified atom stereocenters. The number of benzene rings is 1. The summed E-state index contributed by atoms with van der Waals surface area (Å²) < 4.78 is 0. The molecule has 0 aliphatic carbocycles. The Hall–Kier alpha value is -2.78. The smallest absolute Gasteiger partial charge is 0.315 e. The van der Waals surface area contributed by atoms with Gasteiger partial charge in [0.25, 0.3) is 0 Å². The normalized spacial score (nSPS) is 9.43. The molecule has 3 amide bonds. The van der Waals surface area contributed by atoms with E-state index in [0.29, 0.717) is 6.54 Å². The molecule has 0 saturated heterocycles. The number of hydrogen-bond acceptors (Lipinski definition) is 3. The Bertz CT molecular complexity index is 713. The van der Waals surface area contributed by atoms with Gasteiger partial charge in [-0.2, -0.15) is 0 Å². The summed E-state index contributed by atoms with van der Waals surface area (Å²) in [5, 5.41) is 10.1. The van der Waals surface area contributed by atoms with Gasteiger partial charge in [0, 0.05) is 23.1 Å². The molecule has 23 heavy (non-hydrogen) atoms. The van der Waals surface area contributed by atoms with E-state index in [9.17, 15) is 9.59 Å². The molecule has 0 spiro atoms. The predicted octanol–water partition coefficient (Wildman–Crippen LogP) is 2.56. The van der Waals surface area contributed by atoms with Crippen LogP contribution in [0.15, 0.2) is 41.8 Å². The molecule has 0 saturated carbocycles. The van der Waals surface area contributed by atoms with Gasteiger partial charge in [-0.3, -0.25) is 4.79 Å². The minimum absolute atomic E-state index is 0.110. The monoisotopic (exact) mass is 327 g/mol. The molecular formula is C17H17N3O2S. The lowest BCUT2D eigenvalue weighted by atomic mass is 10.2. The van der Waals surface area contributed by atoms with E-state index in [0.717, 1.165) is 16.1 Å². The van der Waals surface area contributed by atoms with Crippen molar-refractivity contribution < 1.29 is 9.59 Å². The molecule has 0 aliphatic rings. The van der Waals surface area contributed by atoms with E-state index in [4.69, 9.17) is 0 Å². The first-order valence-corrected chi connectivity index (χ1v) is 7.92. The number of carbonyl (C=O) groups excluding carboxylic acids is 2. The Labute approximate surface area is 139 Å². The zero-order valence-corrected chi connectivity index (χ0v) is 13.5. The lowest BCUT2D eigenvalue weighted by Crippen LogP contribution is -2.34. The standard InChI is InChI=1S/C17H17N3O2S/c1-13(21)20-15-8-6-14(7-9-15)4-2-10-18-17(22)19-12-16-5-3-11-23-16/h3,5-9,11H,10,12H2,1H3,(H,20,21)(H2,18,19,22). The van der Waals surface area contributed by atoms with Crippen LogP contribution in [-0.2, 0) is 11.3 Å². The Kier molecular flexibility index (Phi) is 6.21. The molecule has 1 aromatic carbocycles. The third kappa shape index (κ3) is 6.24. The van der Waals surface area contributed by atoms with E-state index < -0.39 is 0 Å². The quantitative estimate of drug-likeness (QED) is 0.755. The van der Waals surface area contributed by atoms with Gasteiger partial charge in [0.15, 0.2) is 0 Å². The maximum atomic E-state index is 11.6. The first-order valence-electron chi connectivity index (χ1n) is 7.04. The van der Waals surface area contributed by atoms with Crippen LogP contribution in [0.5, 0.6) is 0 Å². The third-order valence-electron chi connectivity index (χ3n) is 2.78. The maximum Gasteiger partial charge on any atom is 0.315 e. The zero-order valence-electron chi connectivity index (χ0n) is 12.7. The van der Waals surface area contributed by atoms with Crippen molar-refractivity contribution in [3.63, 3.8) is 0 Å². The number of rotatable bonds is 4. The average Bonchev–Trinajstić information content (AvgIpc) is 3.04. The third-order valence-corrected chi connectivity index (χ3v) is 3.65. The fourth-order valence-corrected chi connectivity index (χ4v) is 2.40. The van der Waals surface area contributed by atoms with Crippen molar-refractivity contribution in [2.45, 2.75) is 13.5 Å². The van der Waals surface area contributed by atoms with Crippen molar-refractivity contribution >= 4 is 29.0 Å². The second-order valence-electron chi connectivity index (χ2n) is 4.68. The second-order valence-corrected chi connectivity index (χ2v) is 5.71. The lowest BCUT2D eigenvalue weighted by molar-refractivity contribution is -0.114. The van der Waals surface area contributed by atoms with Crippen LogP contribution in [0.3, 0.4) is 0 Å². The Morgan fingerprint density at radius 2 is 1.91 bits per heavy atom. The molecule has 0 bridgehead atoms. The van der Waals surface area contributed by atoms with Gasteiger partial charge in [0.05, 0.1) is 13.1 Å². The highest BCUT2D eigenvalue weighted by molar-refractivity contribution is 7.09. The number of carbonyl (C=O) groups is 2. The number of thiophene rings is 1. The molecule has 0 radical (unpaired) electrons. The summed E-state index contributed by atoms with van der Waals surface area (Å²) in [6, 6.07) is 10.9. The van der Waals surface area contributed by atoms with Crippen LogP contribution in [0.25, 0.3) is 0 Å². The summed E-state index contributed by atoms with van der Waals surface area (Å²) in [7, 11) is 0. The first-order chi connectivity index (χ1) is 11.1. The van der Waals surface area contributed by atoms with E-state index in [1.54, 1.807) is 23.5 Å². The van der Waals surface area contributed by atoms with Crippen LogP contribution in [0.4, 0.5) is 10.5 Å².